The SMILES string of the molecule is CCCN(CC(=O)NC)c1ccc2scnc2c1N. The molecule has 6 heteroatoms. The van der Waals surface area contributed by atoms with Gasteiger partial charge in [-0.05, 0) is 18.6 Å². The minimum Gasteiger partial charge on any atom is -0.395 e. The first-order valence-electron chi connectivity index (χ1n) is 6.24. The highest BCUT2D eigenvalue weighted by molar-refractivity contribution is 7.16. The van der Waals surface area contributed by atoms with Crippen LogP contribution in [0.5, 0.6) is 0 Å². The maximum absolute atomic E-state index is 11.6. The number of rotatable bonds is 5. The first-order valence-corrected chi connectivity index (χ1v) is 7.12. The molecule has 0 radical (unpaired) electrons. The Morgan fingerprint density at radius 1 is 1.53 bits per heavy atom. The van der Waals surface area contributed by atoms with Crippen LogP contribution >= 0.6 is 11.3 Å². The maximum Gasteiger partial charge on any atom is 0.239 e. The topological polar surface area (TPSA) is 71.2 Å². The molecule has 0 aliphatic rings. The normalized spacial score (nSPS) is 10.6. The predicted molar refractivity (Wildman–Crippen MR) is 80.6 cm³/mol. The van der Waals surface area contributed by atoms with E-state index in [1.165, 1.54) is 0 Å². The minimum absolute atomic E-state index is 0.0220. The molecule has 0 unspecified atom stereocenters. The van der Waals surface area contributed by atoms with Crippen molar-refractivity contribution in [3.63, 3.8) is 0 Å². The van der Waals surface area contributed by atoms with E-state index in [9.17, 15) is 4.79 Å². The van der Waals surface area contributed by atoms with Crippen LogP contribution in [0.2, 0.25) is 0 Å². The second-order valence-electron chi connectivity index (χ2n) is 4.29. The highest BCUT2D eigenvalue weighted by Crippen LogP contribution is 2.32. The molecule has 5 nitrogen and oxygen atoms in total. The zero-order chi connectivity index (χ0) is 13.8. The number of thiazole rings is 1. The van der Waals surface area contributed by atoms with E-state index < -0.39 is 0 Å². The van der Waals surface area contributed by atoms with Gasteiger partial charge in [-0.2, -0.15) is 0 Å². The lowest BCUT2D eigenvalue weighted by atomic mass is 10.2. The molecule has 0 spiro atoms. The van der Waals surface area contributed by atoms with E-state index in [1.54, 1.807) is 23.9 Å². The number of hydrogen-bond acceptors (Lipinski definition) is 5. The van der Waals surface area contributed by atoms with Crippen LogP contribution in [-0.4, -0.2) is 31.0 Å². The molecule has 0 bridgehead atoms. The number of likely N-dealkylation sites (N-methyl/N-ethyl adjacent to an activating group) is 1. The molecule has 102 valence electrons. The largest absolute Gasteiger partial charge is 0.395 e. The van der Waals surface area contributed by atoms with E-state index in [0.717, 1.165) is 28.9 Å². The van der Waals surface area contributed by atoms with E-state index >= 15 is 0 Å². The van der Waals surface area contributed by atoms with E-state index in [1.807, 2.05) is 17.0 Å². The Kier molecular flexibility index (Phi) is 4.21. The summed E-state index contributed by atoms with van der Waals surface area (Å²) in [6, 6.07) is 3.97. The van der Waals surface area contributed by atoms with Gasteiger partial charge in [0.05, 0.1) is 28.1 Å². The van der Waals surface area contributed by atoms with E-state index in [2.05, 4.69) is 17.2 Å². The second kappa shape index (κ2) is 5.88. The second-order valence-corrected chi connectivity index (χ2v) is 5.18. The number of nitrogens with two attached hydrogens (primary N) is 1. The summed E-state index contributed by atoms with van der Waals surface area (Å²) in [6.07, 6.45) is 0.950. The standard InChI is InChI=1S/C13H18N4OS/c1-3-6-17(7-11(18)15-2)9-4-5-10-13(12(9)14)16-8-19-10/h4-5,8H,3,6-7,14H2,1-2H3,(H,15,18). The number of carbonyl (C=O) groups excluding carboxylic acids is 1. The highest BCUT2D eigenvalue weighted by atomic mass is 32.1. The molecular formula is C13H18N4OS. The van der Waals surface area contributed by atoms with Crippen molar-refractivity contribution in [1.29, 1.82) is 0 Å². The molecule has 2 rings (SSSR count). The monoisotopic (exact) mass is 278 g/mol. The van der Waals surface area contributed by atoms with Crippen molar-refractivity contribution in [3.05, 3.63) is 17.6 Å². The third kappa shape index (κ3) is 2.78. The van der Waals surface area contributed by atoms with Crippen LogP contribution in [0.25, 0.3) is 10.2 Å². The van der Waals surface area contributed by atoms with Crippen molar-refractivity contribution in [2.75, 3.05) is 30.8 Å². The lowest BCUT2D eigenvalue weighted by molar-refractivity contribution is -0.119. The van der Waals surface area contributed by atoms with Crippen LogP contribution in [0.3, 0.4) is 0 Å². The van der Waals surface area contributed by atoms with Gasteiger partial charge in [0.25, 0.3) is 0 Å². The summed E-state index contributed by atoms with van der Waals surface area (Å²) < 4.78 is 1.07. The van der Waals surface area contributed by atoms with Crippen molar-refractivity contribution < 1.29 is 4.79 Å². The van der Waals surface area contributed by atoms with Crippen LogP contribution in [0.4, 0.5) is 11.4 Å². The summed E-state index contributed by atoms with van der Waals surface area (Å²) in [4.78, 5) is 17.9. The zero-order valence-electron chi connectivity index (χ0n) is 11.1. The molecule has 1 amide bonds. The van der Waals surface area contributed by atoms with Gasteiger partial charge in [-0.15, -0.1) is 11.3 Å². The van der Waals surface area contributed by atoms with Gasteiger partial charge >= 0.3 is 0 Å². The average Bonchev–Trinajstić information content (AvgIpc) is 2.88. The quantitative estimate of drug-likeness (QED) is 0.819. The maximum atomic E-state index is 11.6. The van der Waals surface area contributed by atoms with E-state index in [-0.39, 0.29) is 5.91 Å². The van der Waals surface area contributed by atoms with Crippen molar-refractivity contribution in [1.82, 2.24) is 10.3 Å². The van der Waals surface area contributed by atoms with Crippen LogP contribution in [-0.2, 0) is 4.79 Å². The Morgan fingerprint density at radius 2 is 2.32 bits per heavy atom. The molecule has 1 heterocycles. The molecular weight excluding hydrogens is 260 g/mol. The van der Waals surface area contributed by atoms with Crippen molar-refractivity contribution in [2.24, 2.45) is 0 Å². The molecule has 0 atom stereocenters. The number of nitrogens with one attached hydrogen (secondary N) is 1. The molecule has 0 aliphatic heterocycles. The van der Waals surface area contributed by atoms with Crippen molar-refractivity contribution >= 4 is 38.8 Å². The van der Waals surface area contributed by atoms with Crippen molar-refractivity contribution in [3.8, 4) is 0 Å². The Bertz CT molecular complexity index is 581. The Morgan fingerprint density at radius 3 is 3.00 bits per heavy atom. The summed E-state index contributed by atoms with van der Waals surface area (Å²) in [5.74, 6) is -0.0220. The molecule has 3 N–H and O–H groups in total. The van der Waals surface area contributed by atoms with Gasteiger partial charge in [0.2, 0.25) is 5.91 Å². The highest BCUT2D eigenvalue weighted by Gasteiger charge is 2.15. The van der Waals surface area contributed by atoms with Crippen LogP contribution in [0, 0.1) is 0 Å². The average molecular weight is 278 g/mol. The lowest BCUT2D eigenvalue weighted by Crippen LogP contribution is -2.36. The number of carbonyl (C=O) groups is 1. The van der Waals surface area contributed by atoms with Gasteiger partial charge in [-0.1, -0.05) is 6.92 Å². The molecule has 19 heavy (non-hydrogen) atoms. The summed E-state index contributed by atoms with van der Waals surface area (Å²) in [5.41, 5.74) is 10.3. The van der Waals surface area contributed by atoms with Gasteiger partial charge in [0.1, 0.15) is 5.52 Å². The molecule has 1 aromatic heterocycles. The summed E-state index contributed by atoms with van der Waals surface area (Å²) in [5, 5.41) is 2.64. The summed E-state index contributed by atoms with van der Waals surface area (Å²) in [7, 11) is 1.64. The number of nitrogens with zero attached hydrogens (tertiary/aromatic N) is 2. The van der Waals surface area contributed by atoms with E-state index in [0.29, 0.717) is 12.2 Å². The number of aromatic nitrogens is 1. The molecule has 0 fully saturated rings. The van der Waals surface area contributed by atoms with Gasteiger partial charge in [-0.25, -0.2) is 4.98 Å². The number of nitrogen functional groups attached to an aromatic ring is 1. The fraction of sp³-hybridized carbons (Fsp3) is 0.385. The number of fused-ring (bicyclic) bond motifs is 1. The van der Waals surface area contributed by atoms with Gasteiger partial charge < -0.3 is 16.0 Å². The summed E-state index contributed by atoms with van der Waals surface area (Å²) >= 11 is 1.56. The van der Waals surface area contributed by atoms with Crippen LogP contribution in [0.15, 0.2) is 17.6 Å². The van der Waals surface area contributed by atoms with E-state index in [4.69, 9.17) is 5.73 Å². The zero-order valence-corrected chi connectivity index (χ0v) is 12.0. The molecule has 0 saturated carbocycles. The van der Waals surface area contributed by atoms with Crippen LogP contribution in [0.1, 0.15) is 13.3 Å². The third-order valence-corrected chi connectivity index (χ3v) is 3.76. The Labute approximate surface area is 116 Å². The molecule has 2 aromatic rings. The smallest absolute Gasteiger partial charge is 0.239 e. The number of benzene rings is 1. The number of amides is 1. The van der Waals surface area contributed by atoms with Crippen molar-refractivity contribution in [2.45, 2.75) is 13.3 Å². The first-order chi connectivity index (χ1) is 9.17. The predicted octanol–water partition coefficient (Wildman–Crippen LogP) is 1.84. The number of hydrogen-bond donors (Lipinski definition) is 2. The van der Waals surface area contributed by atoms with Gasteiger partial charge in [0, 0.05) is 13.6 Å². The first kappa shape index (κ1) is 13.6. The Balaban J connectivity index is 2.37. The third-order valence-electron chi connectivity index (χ3n) is 2.97. The fourth-order valence-electron chi connectivity index (χ4n) is 2.02. The number of anilines is 2. The van der Waals surface area contributed by atoms with Gasteiger partial charge in [-0.3, -0.25) is 4.79 Å². The van der Waals surface area contributed by atoms with Crippen LogP contribution < -0.4 is 16.0 Å². The molecule has 1 aromatic carbocycles. The lowest BCUT2D eigenvalue weighted by Gasteiger charge is -2.24. The molecule has 0 aliphatic carbocycles. The Hall–Kier alpha value is -1.82. The van der Waals surface area contributed by atoms with Gasteiger partial charge in [0.15, 0.2) is 0 Å². The fourth-order valence-corrected chi connectivity index (χ4v) is 2.72. The summed E-state index contributed by atoms with van der Waals surface area (Å²) in [6.45, 7) is 3.17. The molecule has 0 saturated heterocycles. The minimum atomic E-state index is -0.0220.